The van der Waals surface area contributed by atoms with E-state index in [4.69, 9.17) is 4.74 Å². The summed E-state index contributed by atoms with van der Waals surface area (Å²) < 4.78 is 62.9. The van der Waals surface area contributed by atoms with Crippen molar-refractivity contribution >= 4 is 27.2 Å². The fourth-order valence-corrected chi connectivity index (χ4v) is 5.26. The molecule has 0 aliphatic rings. The van der Waals surface area contributed by atoms with Crippen LogP contribution in [0.3, 0.4) is 0 Å². The van der Waals surface area contributed by atoms with Gasteiger partial charge < -0.3 is 9.53 Å². The van der Waals surface area contributed by atoms with Crippen LogP contribution in [0.25, 0.3) is 22.0 Å². The Kier molecular flexibility index (Phi) is 5.32. The van der Waals surface area contributed by atoms with Gasteiger partial charge in [0.15, 0.2) is 0 Å². The van der Waals surface area contributed by atoms with E-state index in [0.29, 0.717) is 12.0 Å². The second-order valence-corrected chi connectivity index (χ2v) is 8.54. The number of halogens is 2. The van der Waals surface area contributed by atoms with E-state index in [2.05, 4.69) is 0 Å². The molecule has 0 amide bonds. The smallest absolute Gasteiger partial charge is 0.268 e. The second-order valence-electron chi connectivity index (χ2n) is 6.75. The highest BCUT2D eigenvalue weighted by molar-refractivity contribution is 7.90. The molecular formula is C23H17F2NO4S. The molecule has 3 aromatic carbocycles. The third kappa shape index (κ3) is 3.38. The molecule has 0 aliphatic heterocycles. The highest BCUT2D eigenvalue weighted by Gasteiger charge is 2.29. The molecule has 0 bridgehead atoms. The molecule has 1 aromatic heterocycles. The number of ether oxygens (including phenoxy) is 1. The molecular weight excluding hydrogens is 424 g/mol. The fraction of sp³-hybridized carbons (Fsp3) is 0.0870. The zero-order valence-corrected chi connectivity index (χ0v) is 17.2. The molecule has 0 aliphatic carbocycles. The van der Waals surface area contributed by atoms with E-state index < -0.39 is 27.2 Å². The van der Waals surface area contributed by atoms with Gasteiger partial charge in [-0.15, -0.1) is 0 Å². The lowest BCUT2D eigenvalue weighted by Gasteiger charge is -2.12. The van der Waals surface area contributed by atoms with Crippen molar-refractivity contribution in [2.45, 2.75) is 11.3 Å². The molecule has 158 valence electrons. The molecule has 4 aromatic rings. The van der Waals surface area contributed by atoms with Gasteiger partial charge in [0.1, 0.15) is 23.7 Å². The van der Waals surface area contributed by atoms with Crippen LogP contribution < -0.4 is 4.74 Å². The highest BCUT2D eigenvalue weighted by Crippen LogP contribution is 2.41. The van der Waals surface area contributed by atoms with Crippen LogP contribution in [0, 0.1) is 11.6 Å². The first kappa shape index (κ1) is 20.7. The first-order valence-electron chi connectivity index (χ1n) is 9.30. The second kappa shape index (κ2) is 7.96. The monoisotopic (exact) mass is 441 g/mol. The summed E-state index contributed by atoms with van der Waals surface area (Å²) in [6.45, 7) is 0. The van der Waals surface area contributed by atoms with Gasteiger partial charge in [-0.2, -0.15) is 0 Å². The Bertz CT molecular complexity index is 1380. The maximum Gasteiger partial charge on any atom is 0.268 e. The van der Waals surface area contributed by atoms with Gasteiger partial charge in [-0.3, -0.25) is 0 Å². The van der Waals surface area contributed by atoms with Crippen molar-refractivity contribution in [3.63, 3.8) is 0 Å². The lowest BCUT2D eigenvalue weighted by Crippen LogP contribution is -2.16. The molecule has 4 rings (SSSR count). The number of methoxy groups -OCH3 is 1. The van der Waals surface area contributed by atoms with Crippen LogP contribution in [0.4, 0.5) is 8.78 Å². The van der Waals surface area contributed by atoms with Gasteiger partial charge in [0, 0.05) is 17.4 Å². The Labute approximate surface area is 177 Å². The first-order chi connectivity index (χ1) is 14.9. The Hall–Kier alpha value is -3.52. The SMILES string of the molecule is COc1ccc2c(c1)c(-c1c(F)cccc1F)c(CC=O)n2S(=O)(=O)c1ccccc1. The van der Waals surface area contributed by atoms with Gasteiger partial charge in [0.25, 0.3) is 10.0 Å². The average Bonchev–Trinajstić information content (AvgIpc) is 3.08. The topological polar surface area (TPSA) is 65.4 Å². The van der Waals surface area contributed by atoms with Gasteiger partial charge in [0.05, 0.1) is 28.8 Å². The van der Waals surface area contributed by atoms with Gasteiger partial charge in [-0.1, -0.05) is 24.3 Å². The quantitative estimate of drug-likeness (QED) is 0.411. The summed E-state index contributed by atoms with van der Waals surface area (Å²) in [6, 6.07) is 15.6. The van der Waals surface area contributed by atoms with Crippen molar-refractivity contribution in [2.24, 2.45) is 0 Å². The largest absolute Gasteiger partial charge is 0.497 e. The third-order valence-corrected chi connectivity index (χ3v) is 6.76. The molecule has 0 spiro atoms. The van der Waals surface area contributed by atoms with Crippen molar-refractivity contribution in [1.82, 2.24) is 3.97 Å². The molecule has 8 heteroatoms. The molecule has 0 saturated heterocycles. The molecule has 0 atom stereocenters. The molecule has 0 unspecified atom stereocenters. The van der Waals surface area contributed by atoms with Crippen LogP contribution in [0.15, 0.2) is 71.6 Å². The van der Waals surface area contributed by atoms with Crippen LogP contribution in [0.1, 0.15) is 5.69 Å². The molecule has 31 heavy (non-hydrogen) atoms. The van der Waals surface area contributed by atoms with Gasteiger partial charge in [0.2, 0.25) is 0 Å². The molecule has 0 radical (unpaired) electrons. The van der Waals surface area contributed by atoms with Crippen molar-refractivity contribution < 1.29 is 26.7 Å². The average molecular weight is 441 g/mol. The van der Waals surface area contributed by atoms with E-state index in [1.807, 2.05) is 0 Å². The summed E-state index contributed by atoms with van der Waals surface area (Å²) in [7, 11) is -2.75. The van der Waals surface area contributed by atoms with Crippen molar-refractivity contribution in [2.75, 3.05) is 7.11 Å². The lowest BCUT2D eigenvalue weighted by atomic mass is 9.99. The van der Waals surface area contributed by atoms with E-state index in [1.54, 1.807) is 24.3 Å². The van der Waals surface area contributed by atoms with Crippen molar-refractivity contribution in [3.8, 4) is 16.9 Å². The Morgan fingerprint density at radius 2 is 1.61 bits per heavy atom. The minimum absolute atomic E-state index is 0.00361. The number of carbonyl (C=O) groups is 1. The predicted octanol–water partition coefficient (Wildman–Crippen LogP) is 4.57. The number of aromatic nitrogens is 1. The maximum atomic E-state index is 14.8. The molecule has 0 N–H and O–H groups in total. The number of benzene rings is 3. The van der Waals surface area contributed by atoms with Crippen LogP contribution >= 0.6 is 0 Å². The van der Waals surface area contributed by atoms with Gasteiger partial charge >= 0.3 is 0 Å². The van der Waals surface area contributed by atoms with Crippen LogP contribution in [-0.4, -0.2) is 25.8 Å². The highest BCUT2D eigenvalue weighted by atomic mass is 32.2. The summed E-state index contributed by atoms with van der Waals surface area (Å²) >= 11 is 0. The summed E-state index contributed by atoms with van der Waals surface area (Å²) in [6.07, 6.45) is 0.136. The van der Waals surface area contributed by atoms with E-state index in [0.717, 1.165) is 16.1 Å². The van der Waals surface area contributed by atoms with E-state index in [-0.39, 0.29) is 33.5 Å². The number of hydrogen-bond acceptors (Lipinski definition) is 4. The zero-order chi connectivity index (χ0) is 22.2. The Morgan fingerprint density at radius 3 is 2.23 bits per heavy atom. The predicted molar refractivity (Wildman–Crippen MR) is 113 cm³/mol. The number of aldehydes is 1. The fourth-order valence-electron chi connectivity index (χ4n) is 3.67. The molecule has 0 fully saturated rings. The summed E-state index contributed by atoms with van der Waals surface area (Å²) in [5.41, 5.74) is -0.263. The van der Waals surface area contributed by atoms with E-state index >= 15 is 0 Å². The zero-order valence-electron chi connectivity index (χ0n) is 16.4. The number of nitrogens with zero attached hydrogens (tertiary/aromatic N) is 1. The summed E-state index contributed by atoms with van der Waals surface area (Å²) in [5.74, 6) is -1.37. The van der Waals surface area contributed by atoms with Gasteiger partial charge in [-0.05, 0) is 42.5 Å². The van der Waals surface area contributed by atoms with Crippen molar-refractivity contribution in [1.29, 1.82) is 0 Å². The third-order valence-electron chi connectivity index (χ3n) is 5.00. The Balaban J connectivity index is 2.21. The minimum Gasteiger partial charge on any atom is -0.497 e. The molecule has 0 saturated carbocycles. The number of fused-ring (bicyclic) bond motifs is 1. The van der Waals surface area contributed by atoms with E-state index in [1.165, 1.54) is 37.4 Å². The first-order valence-corrected chi connectivity index (χ1v) is 10.7. The Morgan fingerprint density at radius 1 is 0.935 bits per heavy atom. The number of hydrogen-bond donors (Lipinski definition) is 0. The van der Waals surface area contributed by atoms with Gasteiger partial charge in [-0.25, -0.2) is 21.2 Å². The van der Waals surface area contributed by atoms with Crippen LogP contribution in [0.2, 0.25) is 0 Å². The standard InChI is InChI=1S/C23H17F2NO4S/c1-30-15-10-11-20-17(14-15)22(23-18(24)8-5-9-19(23)25)21(12-13-27)26(20)31(28,29)16-6-3-2-4-7-16/h2-11,13-14H,12H2,1H3. The normalized spacial score (nSPS) is 11.6. The van der Waals surface area contributed by atoms with Crippen LogP contribution in [-0.2, 0) is 21.2 Å². The summed E-state index contributed by atoms with van der Waals surface area (Å²) in [5, 5.41) is 0.250. The summed E-state index contributed by atoms with van der Waals surface area (Å²) in [4.78, 5) is 11.5. The van der Waals surface area contributed by atoms with E-state index in [9.17, 15) is 22.0 Å². The lowest BCUT2D eigenvalue weighted by molar-refractivity contribution is -0.107. The maximum absolute atomic E-state index is 14.8. The minimum atomic E-state index is -4.18. The van der Waals surface area contributed by atoms with Crippen LogP contribution in [0.5, 0.6) is 5.75 Å². The molecule has 1 heterocycles. The molecule has 5 nitrogen and oxygen atoms in total. The number of carbonyl (C=O) groups excluding carboxylic acids is 1. The van der Waals surface area contributed by atoms with Crippen molar-refractivity contribution in [3.05, 3.63) is 84.1 Å². The number of rotatable bonds is 6.